The van der Waals surface area contributed by atoms with Gasteiger partial charge >= 0.3 is 0 Å². The largest absolute Gasteiger partial charge is 0.383 e. The van der Waals surface area contributed by atoms with Crippen LogP contribution in [0.5, 0.6) is 0 Å². The molecule has 1 aliphatic rings. The molecule has 0 aromatic carbocycles. The molecule has 2 rings (SSSR count). The van der Waals surface area contributed by atoms with Gasteiger partial charge in [-0.05, 0) is 19.8 Å². The van der Waals surface area contributed by atoms with E-state index in [2.05, 4.69) is 9.97 Å². The normalized spacial score (nSPS) is 20.7. The van der Waals surface area contributed by atoms with Gasteiger partial charge in [0.1, 0.15) is 11.6 Å². The summed E-state index contributed by atoms with van der Waals surface area (Å²) in [5.74, 6) is 0.663. The quantitative estimate of drug-likeness (QED) is 0.545. The van der Waals surface area contributed by atoms with Crippen molar-refractivity contribution in [2.75, 3.05) is 28.7 Å². The Morgan fingerprint density at radius 3 is 2.54 bits per heavy atom. The highest BCUT2D eigenvalue weighted by molar-refractivity contribution is 7.99. The Balaban J connectivity index is 2.08. The fourth-order valence-electron chi connectivity index (χ4n) is 2.73. The highest BCUT2D eigenvalue weighted by Gasteiger charge is 2.36. The summed E-state index contributed by atoms with van der Waals surface area (Å²) in [6.45, 7) is 3.91. The van der Waals surface area contributed by atoms with Crippen LogP contribution < -0.4 is 11.5 Å². The molecule has 0 radical (unpaired) electrons. The van der Waals surface area contributed by atoms with Crippen molar-refractivity contribution in [1.29, 1.82) is 0 Å². The van der Waals surface area contributed by atoms with E-state index in [0.717, 1.165) is 18.2 Å². The fourth-order valence-corrected chi connectivity index (χ4v) is 5.18. The molecule has 2 heterocycles. The second-order valence-corrected chi connectivity index (χ2v) is 9.08. The molecule has 1 saturated heterocycles. The number of carbonyl (C=O) groups is 1. The molecule has 0 aliphatic carbocycles. The number of amides is 1. The van der Waals surface area contributed by atoms with Crippen LogP contribution in [0, 0.1) is 0 Å². The molecule has 1 amide bonds. The zero-order valence-electron chi connectivity index (χ0n) is 13.8. The fraction of sp³-hybridized carbons (Fsp3) is 0.643. The first-order valence-electron chi connectivity index (χ1n) is 7.76. The summed E-state index contributed by atoms with van der Waals surface area (Å²) in [5.41, 5.74) is 11.2. The Morgan fingerprint density at radius 2 is 2.04 bits per heavy atom. The van der Waals surface area contributed by atoms with E-state index in [9.17, 15) is 13.2 Å². The number of aromatic nitrogens is 2. The third-order valence-electron chi connectivity index (χ3n) is 4.03. The molecule has 8 nitrogen and oxygen atoms in total. The van der Waals surface area contributed by atoms with Gasteiger partial charge in [0.05, 0.1) is 17.3 Å². The standard InChI is InChI=1S/C14H23N5O3S2/c1-3-9(2)19(10-4-5-24(21,22)8-10)13(20)7-23-14-17-11(15)6-12(16)18-14/h6,9-10H,3-5,7-8H2,1-2H3,(H4,15,16,17,18)/t9-,10-/m1/s1. The molecule has 0 bridgehead atoms. The lowest BCUT2D eigenvalue weighted by Gasteiger charge is -2.33. The van der Waals surface area contributed by atoms with E-state index in [1.54, 1.807) is 4.90 Å². The van der Waals surface area contributed by atoms with E-state index >= 15 is 0 Å². The van der Waals surface area contributed by atoms with E-state index in [0.29, 0.717) is 11.6 Å². The van der Waals surface area contributed by atoms with E-state index in [4.69, 9.17) is 11.5 Å². The third kappa shape index (κ3) is 4.73. The second-order valence-electron chi connectivity index (χ2n) is 5.90. The summed E-state index contributed by atoms with van der Waals surface area (Å²) in [5, 5.41) is 0.337. The topological polar surface area (TPSA) is 132 Å². The number of hydrogen-bond acceptors (Lipinski definition) is 8. The van der Waals surface area contributed by atoms with Crippen molar-refractivity contribution in [2.24, 2.45) is 0 Å². The van der Waals surface area contributed by atoms with Gasteiger partial charge in [0.25, 0.3) is 0 Å². The highest BCUT2D eigenvalue weighted by atomic mass is 32.2. The van der Waals surface area contributed by atoms with Crippen molar-refractivity contribution in [1.82, 2.24) is 14.9 Å². The zero-order valence-corrected chi connectivity index (χ0v) is 15.4. The minimum absolute atomic E-state index is 0.0248. The zero-order chi connectivity index (χ0) is 17.9. The average Bonchev–Trinajstić information content (AvgIpc) is 2.84. The van der Waals surface area contributed by atoms with Crippen molar-refractivity contribution in [3.8, 4) is 0 Å². The second kappa shape index (κ2) is 7.56. The molecule has 1 aliphatic heterocycles. The van der Waals surface area contributed by atoms with Crippen LogP contribution >= 0.6 is 11.8 Å². The minimum Gasteiger partial charge on any atom is -0.383 e. The first-order valence-corrected chi connectivity index (χ1v) is 10.6. The lowest BCUT2D eigenvalue weighted by atomic mass is 10.1. The number of nitrogen functional groups attached to an aromatic ring is 2. The molecule has 0 spiro atoms. The number of rotatable bonds is 6. The summed E-state index contributed by atoms with van der Waals surface area (Å²) in [6.07, 6.45) is 1.25. The van der Waals surface area contributed by atoms with Crippen LogP contribution in [-0.2, 0) is 14.6 Å². The number of nitrogens with two attached hydrogens (primary N) is 2. The predicted molar refractivity (Wildman–Crippen MR) is 95.2 cm³/mol. The van der Waals surface area contributed by atoms with Gasteiger partial charge in [-0.3, -0.25) is 4.79 Å². The summed E-state index contributed by atoms with van der Waals surface area (Å²) in [7, 11) is -3.05. The Kier molecular flexibility index (Phi) is 5.92. The molecule has 1 aromatic heterocycles. The Labute approximate surface area is 146 Å². The van der Waals surface area contributed by atoms with Gasteiger partial charge in [0.2, 0.25) is 5.91 Å². The van der Waals surface area contributed by atoms with E-state index in [1.165, 1.54) is 6.07 Å². The number of nitrogens with zero attached hydrogens (tertiary/aromatic N) is 3. The van der Waals surface area contributed by atoms with Crippen LogP contribution in [-0.4, -0.2) is 58.5 Å². The number of sulfone groups is 1. The Hall–Kier alpha value is -1.55. The maximum Gasteiger partial charge on any atom is 0.233 e. The van der Waals surface area contributed by atoms with Crippen molar-refractivity contribution < 1.29 is 13.2 Å². The smallest absolute Gasteiger partial charge is 0.233 e. The number of hydrogen-bond donors (Lipinski definition) is 2. The molecule has 1 aromatic rings. The predicted octanol–water partition coefficient (Wildman–Crippen LogP) is 0.547. The highest BCUT2D eigenvalue weighted by Crippen LogP contribution is 2.24. The molecule has 0 saturated carbocycles. The van der Waals surface area contributed by atoms with Crippen LogP contribution in [0.2, 0.25) is 0 Å². The van der Waals surface area contributed by atoms with E-state index in [-0.39, 0.29) is 46.9 Å². The van der Waals surface area contributed by atoms with Gasteiger partial charge < -0.3 is 16.4 Å². The first kappa shape index (κ1) is 18.8. The van der Waals surface area contributed by atoms with Gasteiger partial charge in [0.15, 0.2) is 15.0 Å². The first-order chi connectivity index (χ1) is 11.2. The summed E-state index contributed by atoms with van der Waals surface area (Å²) < 4.78 is 23.5. The SMILES string of the molecule is CC[C@@H](C)N(C(=O)CSc1nc(N)cc(N)n1)[C@@H]1CCS(=O)(=O)C1. The van der Waals surface area contributed by atoms with Gasteiger partial charge in [-0.25, -0.2) is 18.4 Å². The molecule has 4 N–H and O–H groups in total. The van der Waals surface area contributed by atoms with Crippen LogP contribution in [0.15, 0.2) is 11.2 Å². The monoisotopic (exact) mass is 373 g/mol. The van der Waals surface area contributed by atoms with Crippen LogP contribution in [0.3, 0.4) is 0 Å². The van der Waals surface area contributed by atoms with Crippen molar-refractivity contribution >= 4 is 39.1 Å². The number of anilines is 2. The average molecular weight is 374 g/mol. The molecule has 24 heavy (non-hydrogen) atoms. The van der Waals surface area contributed by atoms with E-state index < -0.39 is 9.84 Å². The summed E-state index contributed by atoms with van der Waals surface area (Å²) >= 11 is 1.15. The molecular formula is C14H23N5O3S2. The van der Waals surface area contributed by atoms with Crippen LogP contribution in [0.25, 0.3) is 0 Å². The molecule has 1 fully saturated rings. The summed E-state index contributed by atoms with van der Waals surface area (Å²) in [4.78, 5) is 22.4. The van der Waals surface area contributed by atoms with Gasteiger partial charge in [0, 0.05) is 18.2 Å². The van der Waals surface area contributed by atoms with Crippen molar-refractivity contribution in [3.05, 3.63) is 6.07 Å². The van der Waals surface area contributed by atoms with Crippen LogP contribution in [0.1, 0.15) is 26.7 Å². The minimum atomic E-state index is -3.05. The van der Waals surface area contributed by atoms with Gasteiger partial charge in [-0.2, -0.15) is 0 Å². The lowest BCUT2D eigenvalue weighted by Crippen LogP contribution is -2.47. The van der Waals surface area contributed by atoms with E-state index in [1.807, 2.05) is 13.8 Å². The third-order valence-corrected chi connectivity index (χ3v) is 6.61. The molecule has 134 valence electrons. The summed E-state index contributed by atoms with van der Waals surface area (Å²) in [6, 6.07) is 1.16. The van der Waals surface area contributed by atoms with Gasteiger partial charge in [-0.15, -0.1) is 0 Å². The molecule has 2 atom stereocenters. The number of carbonyl (C=O) groups excluding carboxylic acids is 1. The van der Waals surface area contributed by atoms with Gasteiger partial charge in [-0.1, -0.05) is 18.7 Å². The number of thioether (sulfide) groups is 1. The van der Waals surface area contributed by atoms with Crippen molar-refractivity contribution in [3.63, 3.8) is 0 Å². The lowest BCUT2D eigenvalue weighted by molar-refractivity contribution is -0.132. The molecule has 10 heteroatoms. The van der Waals surface area contributed by atoms with Crippen molar-refractivity contribution in [2.45, 2.75) is 43.9 Å². The Morgan fingerprint density at radius 1 is 1.42 bits per heavy atom. The maximum absolute atomic E-state index is 12.7. The molecular weight excluding hydrogens is 350 g/mol. The molecule has 0 unspecified atom stereocenters. The van der Waals surface area contributed by atoms with Crippen LogP contribution in [0.4, 0.5) is 11.6 Å². The Bertz CT molecular complexity index is 690. The maximum atomic E-state index is 12.7.